The van der Waals surface area contributed by atoms with Crippen LogP contribution in [0.15, 0.2) is 24.3 Å². The van der Waals surface area contributed by atoms with Crippen LogP contribution < -0.4 is 5.32 Å². The van der Waals surface area contributed by atoms with Gasteiger partial charge in [-0.1, -0.05) is 36.9 Å². The Kier molecular flexibility index (Phi) is 5.82. The van der Waals surface area contributed by atoms with Gasteiger partial charge in [-0.15, -0.1) is 0 Å². The molecule has 1 aliphatic rings. The molecular formula is C15H22ClNO. The molecule has 18 heavy (non-hydrogen) atoms. The lowest BCUT2D eigenvalue weighted by atomic mass is 9.90. The fraction of sp³-hybridized carbons (Fsp3) is 0.600. The van der Waals surface area contributed by atoms with Crippen molar-refractivity contribution in [3.63, 3.8) is 0 Å². The minimum absolute atomic E-state index is 0.767. The van der Waals surface area contributed by atoms with Gasteiger partial charge in [-0.2, -0.15) is 0 Å². The number of anilines is 1. The number of benzene rings is 1. The first kappa shape index (κ1) is 13.7. The Morgan fingerprint density at radius 1 is 1.22 bits per heavy atom. The summed E-state index contributed by atoms with van der Waals surface area (Å²) >= 11 is 5.92. The van der Waals surface area contributed by atoms with E-state index in [9.17, 15) is 0 Å². The molecule has 1 fully saturated rings. The summed E-state index contributed by atoms with van der Waals surface area (Å²) in [6, 6.07) is 7.79. The highest BCUT2D eigenvalue weighted by atomic mass is 35.5. The Bertz CT molecular complexity index is 350. The standard InChI is InChI=1S/C15H22ClNO/c16-14-7-4-8-15(11-14)17-9-10-18-12-13-5-2-1-3-6-13/h4,7-8,11,13,17H,1-3,5-6,9-10,12H2. The lowest BCUT2D eigenvalue weighted by molar-refractivity contribution is 0.0924. The van der Waals surface area contributed by atoms with Gasteiger partial charge in [-0.3, -0.25) is 0 Å². The van der Waals surface area contributed by atoms with Gasteiger partial charge in [0, 0.05) is 23.9 Å². The van der Waals surface area contributed by atoms with Crippen LogP contribution >= 0.6 is 11.6 Å². The summed E-state index contributed by atoms with van der Waals surface area (Å²) in [4.78, 5) is 0. The molecule has 2 rings (SSSR count). The molecule has 0 unspecified atom stereocenters. The lowest BCUT2D eigenvalue weighted by Crippen LogP contribution is -2.16. The number of hydrogen-bond acceptors (Lipinski definition) is 2. The van der Waals surface area contributed by atoms with Gasteiger partial charge in [-0.25, -0.2) is 0 Å². The Hall–Kier alpha value is -0.730. The van der Waals surface area contributed by atoms with Crippen LogP contribution in [-0.2, 0) is 4.74 Å². The van der Waals surface area contributed by atoms with Crippen LogP contribution in [0.3, 0.4) is 0 Å². The van der Waals surface area contributed by atoms with Gasteiger partial charge in [0.25, 0.3) is 0 Å². The molecule has 2 nitrogen and oxygen atoms in total. The second kappa shape index (κ2) is 7.65. The third kappa shape index (κ3) is 4.87. The van der Waals surface area contributed by atoms with Crippen LogP contribution in [0.25, 0.3) is 0 Å². The average molecular weight is 268 g/mol. The number of hydrogen-bond donors (Lipinski definition) is 1. The van der Waals surface area contributed by atoms with E-state index in [0.29, 0.717) is 0 Å². The maximum atomic E-state index is 5.92. The van der Waals surface area contributed by atoms with Gasteiger partial charge < -0.3 is 10.1 Å². The van der Waals surface area contributed by atoms with Gasteiger partial charge in [0.15, 0.2) is 0 Å². The van der Waals surface area contributed by atoms with E-state index >= 15 is 0 Å². The fourth-order valence-corrected chi connectivity index (χ4v) is 2.66. The quantitative estimate of drug-likeness (QED) is 0.774. The van der Waals surface area contributed by atoms with Crippen molar-refractivity contribution in [1.29, 1.82) is 0 Å². The largest absolute Gasteiger partial charge is 0.383 e. The van der Waals surface area contributed by atoms with E-state index in [1.807, 2.05) is 24.3 Å². The van der Waals surface area contributed by atoms with E-state index in [4.69, 9.17) is 16.3 Å². The molecule has 0 amide bonds. The fourth-order valence-electron chi connectivity index (χ4n) is 2.47. The van der Waals surface area contributed by atoms with Crippen molar-refractivity contribution in [3.05, 3.63) is 29.3 Å². The highest BCUT2D eigenvalue weighted by Gasteiger charge is 2.12. The van der Waals surface area contributed by atoms with Crippen molar-refractivity contribution < 1.29 is 4.74 Å². The van der Waals surface area contributed by atoms with Crippen LogP contribution in [0, 0.1) is 5.92 Å². The number of ether oxygens (including phenoxy) is 1. The van der Waals surface area contributed by atoms with Crippen molar-refractivity contribution in [3.8, 4) is 0 Å². The molecule has 0 saturated heterocycles. The van der Waals surface area contributed by atoms with Crippen molar-refractivity contribution in [2.45, 2.75) is 32.1 Å². The van der Waals surface area contributed by atoms with E-state index in [-0.39, 0.29) is 0 Å². The van der Waals surface area contributed by atoms with Crippen LogP contribution in [0.1, 0.15) is 32.1 Å². The highest BCUT2D eigenvalue weighted by molar-refractivity contribution is 6.30. The molecule has 1 N–H and O–H groups in total. The van der Waals surface area contributed by atoms with Crippen molar-refractivity contribution in [2.24, 2.45) is 5.92 Å². The predicted molar refractivity (Wildman–Crippen MR) is 77.3 cm³/mol. The lowest BCUT2D eigenvalue weighted by Gasteiger charge is -2.21. The van der Waals surface area contributed by atoms with E-state index < -0.39 is 0 Å². The molecule has 100 valence electrons. The SMILES string of the molecule is Clc1cccc(NCCOCC2CCCCC2)c1. The number of halogens is 1. The molecule has 3 heteroatoms. The van der Waals surface area contributed by atoms with Crippen LogP contribution in [0.5, 0.6) is 0 Å². The molecule has 0 heterocycles. The zero-order valence-corrected chi connectivity index (χ0v) is 11.6. The molecule has 0 atom stereocenters. The average Bonchev–Trinajstić information content (AvgIpc) is 2.40. The summed E-state index contributed by atoms with van der Waals surface area (Å²) in [7, 11) is 0. The maximum Gasteiger partial charge on any atom is 0.0639 e. The van der Waals surface area contributed by atoms with E-state index in [1.165, 1.54) is 32.1 Å². The molecule has 0 bridgehead atoms. The zero-order chi connectivity index (χ0) is 12.6. The molecule has 1 aliphatic carbocycles. The summed E-state index contributed by atoms with van der Waals surface area (Å²) in [5, 5.41) is 4.08. The van der Waals surface area contributed by atoms with Gasteiger partial charge >= 0.3 is 0 Å². The van der Waals surface area contributed by atoms with Gasteiger partial charge in [0.05, 0.1) is 6.61 Å². The van der Waals surface area contributed by atoms with Crippen molar-refractivity contribution >= 4 is 17.3 Å². The van der Waals surface area contributed by atoms with Crippen molar-refractivity contribution in [2.75, 3.05) is 25.1 Å². The van der Waals surface area contributed by atoms with Gasteiger partial charge in [0.1, 0.15) is 0 Å². The number of nitrogens with one attached hydrogen (secondary N) is 1. The minimum Gasteiger partial charge on any atom is -0.383 e. The van der Waals surface area contributed by atoms with E-state index in [1.54, 1.807) is 0 Å². The first-order valence-corrected chi connectivity index (χ1v) is 7.29. The highest BCUT2D eigenvalue weighted by Crippen LogP contribution is 2.23. The van der Waals surface area contributed by atoms with Crippen LogP contribution in [-0.4, -0.2) is 19.8 Å². The normalized spacial score (nSPS) is 16.7. The second-order valence-corrected chi connectivity index (χ2v) is 5.45. The number of rotatable bonds is 6. The van der Waals surface area contributed by atoms with E-state index in [0.717, 1.165) is 36.4 Å². The first-order valence-electron chi connectivity index (χ1n) is 6.92. The monoisotopic (exact) mass is 267 g/mol. The summed E-state index contributed by atoms with van der Waals surface area (Å²) < 4.78 is 5.73. The second-order valence-electron chi connectivity index (χ2n) is 5.02. The maximum absolute atomic E-state index is 5.92. The van der Waals surface area contributed by atoms with Crippen molar-refractivity contribution in [1.82, 2.24) is 0 Å². The molecule has 0 aromatic heterocycles. The smallest absolute Gasteiger partial charge is 0.0639 e. The zero-order valence-electron chi connectivity index (χ0n) is 10.8. The predicted octanol–water partition coefficient (Wildman–Crippen LogP) is 4.35. The Morgan fingerprint density at radius 3 is 2.83 bits per heavy atom. The van der Waals surface area contributed by atoms with Gasteiger partial charge in [0.2, 0.25) is 0 Å². The molecule has 0 spiro atoms. The summed E-state index contributed by atoms with van der Waals surface area (Å²) in [6.07, 6.45) is 6.87. The Morgan fingerprint density at radius 2 is 2.06 bits per heavy atom. The molecule has 0 aliphatic heterocycles. The van der Waals surface area contributed by atoms with Gasteiger partial charge in [-0.05, 0) is 37.0 Å². The first-order chi connectivity index (χ1) is 8.84. The topological polar surface area (TPSA) is 21.3 Å². The summed E-state index contributed by atoms with van der Waals surface area (Å²) in [6.45, 7) is 2.54. The molecular weight excluding hydrogens is 246 g/mol. The molecule has 1 aromatic carbocycles. The third-order valence-electron chi connectivity index (χ3n) is 3.48. The van der Waals surface area contributed by atoms with Crippen LogP contribution in [0.2, 0.25) is 5.02 Å². The molecule has 0 radical (unpaired) electrons. The molecule has 1 saturated carbocycles. The summed E-state index contributed by atoms with van der Waals surface area (Å²) in [5.41, 5.74) is 1.06. The molecule has 1 aromatic rings. The third-order valence-corrected chi connectivity index (χ3v) is 3.71. The minimum atomic E-state index is 0.767. The Balaban J connectivity index is 1.55. The Labute approximate surface area is 115 Å². The van der Waals surface area contributed by atoms with Crippen LogP contribution in [0.4, 0.5) is 5.69 Å². The van der Waals surface area contributed by atoms with E-state index in [2.05, 4.69) is 5.32 Å². The summed E-state index contributed by atoms with van der Waals surface area (Å²) in [5.74, 6) is 0.796.